The van der Waals surface area contributed by atoms with Gasteiger partial charge in [-0.2, -0.15) is 0 Å². The topological polar surface area (TPSA) is 75.7 Å². The summed E-state index contributed by atoms with van der Waals surface area (Å²) in [5, 5.41) is 2.76. The summed E-state index contributed by atoms with van der Waals surface area (Å²) in [5.41, 5.74) is 0.957. The fourth-order valence-corrected chi connectivity index (χ4v) is 4.11. The molecule has 2 aromatic carbocycles. The van der Waals surface area contributed by atoms with Crippen molar-refractivity contribution in [2.45, 2.75) is 39.3 Å². The highest BCUT2D eigenvalue weighted by atomic mass is 32.2. The average molecular weight is 423 g/mol. The molecule has 0 aliphatic rings. The van der Waals surface area contributed by atoms with Crippen LogP contribution in [0, 0.1) is 12.7 Å². The molecule has 0 bridgehead atoms. The van der Waals surface area contributed by atoms with E-state index in [2.05, 4.69) is 5.32 Å². The van der Waals surface area contributed by atoms with Crippen LogP contribution in [0.2, 0.25) is 0 Å². The molecule has 29 heavy (non-hydrogen) atoms. The Morgan fingerprint density at radius 3 is 2.34 bits per heavy atom. The number of halogens is 1. The van der Waals surface area contributed by atoms with Gasteiger partial charge in [-0.05, 0) is 44.5 Å². The predicted molar refractivity (Wildman–Crippen MR) is 112 cm³/mol. The zero-order valence-corrected chi connectivity index (χ0v) is 17.9. The Bertz CT molecular complexity index is 932. The van der Waals surface area contributed by atoms with Gasteiger partial charge in [0.2, 0.25) is 15.9 Å². The van der Waals surface area contributed by atoms with Gasteiger partial charge in [0.1, 0.15) is 24.2 Å². The summed E-state index contributed by atoms with van der Waals surface area (Å²) in [6.07, 6.45) is 1.14. The number of carbonyl (C=O) groups excluding carboxylic acids is 1. The molecule has 0 radical (unpaired) electrons. The Labute approximate surface area is 171 Å². The molecule has 2 aromatic rings. The zero-order valence-electron chi connectivity index (χ0n) is 17.1. The number of aryl methyl sites for hydroxylation is 1. The van der Waals surface area contributed by atoms with E-state index >= 15 is 0 Å². The standard InChI is InChI=1S/C21H27FN2O4S/c1-5-19(24(29(4,26)27)20-9-7-6-8-18(20)22)21(25)23-16(3)14-28-17-12-10-15(2)11-13-17/h6-13,16,19H,5,14H2,1-4H3,(H,23,25). The van der Waals surface area contributed by atoms with Gasteiger partial charge in [-0.25, -0.2) is 12.8 Å². The first-order valence-electron chi connectivity index (χ1n) is 9.37. The maximum atomic E-state index is 14.3. The lowest BCUT2D eigenvalue weighted by Crippen LogP contribution is -2.52. The van der Waals surface area contributed by atoms with Crippen molar-refractivity contribution in [2.75, 3.05) is 17.2 Å². The number of anilines is 1. The monoisotopic (exact) mass is 422 g/mol. The lowest BCUT2D eigenvalue weighted by Gasteiger charge is -2.31. The summed E-state index contributed by atoms with van der Waals surface area (Å²) >= 11 is 0. The molecule has 0 aromatic heterocycles. The van der Waals surface area contributed by atoms with Crippen LogP contribution in [0.25, 0.3) is 0 Å². The van der Waals surface area contributed by atoms with Gasteiger partial charge in [0.15, 0.2) is 0 Å². The molecule has 158 valence electrons. The number of sulfonamides is 1. The van der Waals surface area contributed by atoms with E-state index in [0.717, 1.165) is 22.2 Å². The molecular weight excluding hydrogens is 395 g/mol. The lowest BCUT2D eigenvalue weighted by atomic mass is 10.1. The van der Waals surface area contributed by atoms with Gasteiger partial charge in [-0.15, -0.1) is 0 Å². The molecule has 0 fully saturated rings. The average Bonchev–Trinajstić information content (AvgIpc) is 2.65. The minimum Gasteiger partial charge on any atom is -0.491 e. The highest BCUT2D eigenvalue weighted by Crippen LogP contribution is 2.25. The summed E-state index contributed by atoms with van der Waals surface area (Å²) in [6, 6.07) is 11.6. The molecular formula is C21H27FN2O4S. The molecule has 0 saturated carbocycles. The number of ether oxygens (including phenoxy) is 1. The van der Waals surface area contributed by atoms with Crippen LogP contribution in [-0.2, 0) is 14.8 Å². The van der Waals surface area contributed by atoms with Crippen LogP contribution in [0.15, 0.2) is 48.5 Å². The maximum absolute atomic E-state index is 14.3. The number of para-hydroxylation sites is 1. The second kappa shape index (κ2) is 9.73. The van der Waals surface area contributed by atoms with E-state index in [1.165, 1.54) is 18.2 Å². The van der Waals surface area contributed by atoms with Crippen LogP contribution in [0.4, 0.5) is 10.1 Å². The first-order valence-corrected chi connectivity index (χ1v) is 11.2. The van der Waals surface area contributed by atoms with E-state index in [1.807, 2.05) is 31.2 Å². The number of carbonyl (C=O) groups is 1. The lowest BCUT2D eigenvalue weighted by molar-refractivity contribution is -0.123. The molecule has 0 spiro atoms. The SMILES string of the molecule is CCC(C(=O)NC(C)COc1ccc(C)cc1)N(c1ccccc1F)S(C)(=O)=O. The van der Waals surface area contributed by atoms with Gasteiger partial charge in [0, 0.05) is 0 Å². The van der Waals surface area contributed by atoms with Crippen molar-refractivity contribution in [3.8, 4) is 5.75 Å². The summed E-state index contributed by atoms with van der Waals surface area (Å²) < 4.78 is 45.5. The minimum atomic E-state index is -3.89. The Morgan fingerprint density at radius 1 is 1.17 bits per heavy atom. The van der Waals surface area contributed by atoms with E-state index in [1.54, 1.807) is 13.8 Å². The third-order valence-corrected chi connectivity index (χ3v) is 5.50. The van der Waals surface area contributed by atoms with Crippen LogP contribution < -0.4 is 14.4 Å². The molecule has 2 atom stereocenters. The summed E-state index contributed by atoms with van der Waals surface area (Å²) in [6.45, 7) is 5.62. The van der Waals surface area contributed by atoms with Crippen molar-refractivity contribution < 1.29 is 22.3 Å². The first kappa shape index (κ1) is 22.7. The van der Waals surface area contributed by atoms with Gasteiger partial charge < -0.3 is 10.1 Å². The molecule has 2 rings (SSSR count). The molecule has 0 aliphatic carbocycles. The first-order chi connectivity index (χ1) is 13.6. The van der Waals surface area contributed by atoms with Crippen molar-refractivity contribution in [3.63, 3.8) is 0 Å². The van der Waals surface area contributed by atoms with E-state index in [-0.39, 0.29) is 24.8 Å². The fraction of sp³-hybridized carbons (Fsp3) is 0.381. The van der Waals surface area contributed by atoms with Crippen molar-refractivity contribution in [1.29, 1.82) is 0 Å². The van der Waals surface area contributed by atoms with Crippen LogP contribution in [0.1, 0.15) is 25.8 Å². The molecule has 2 unspecified atom stereocenters. The van der Waals surface area contributed by atoms with E-state index in [9.17, 15) is 17.6 Å². The molecule has 8 heteroatoms. The van der Waals surface area contributed by atoms with Crippen molar-refractivity contribution in [2.24, 2.45) is 0 Å². The van der Waals surface area contributed by atoms with Crippen molar-refractivity contribution in [1.82, 2.24) is 5.32 Å². The summed E-state index contributed by atoms with van der Waals surface area (Å²) in [4.78, 5) is 12.8. The van der Waals surface area contributed by atoms with E-state index < -0.39 is 27.8 Å². The number of amides is 1. The van der Waals surface area contributed by atoms with Crippen molar-refractivity contribution >= 4 is 21.6 Å². The van der Waals surface area contributed by atoms with Crippen LogP contribution in [0.3, 0.4) is 0 Å². The number of benzene rings is 2. The number of hydrogen-bond acceptors (Lipinski definition) is 4. The Hall–Kier alpha value is -2.61. The number of nitrogens with zero attached hydrogens (tertiary/aromatic N) is 1. The smallest absolute Gasteiger partial charge is 0.244 e. The second-order valence-electron chi connectivity index (χ2n) is 6.97. The number of nitrogens with one attached hydrogen (secondary N) is 1. The molecule has 6 nitrogen and oxygen atoms in total. The Balaban J connectivity index is 2.12. The molecule has 0 aliphatic heterocycles. The number of rotatable bonds is 9. The van der Waals surface area contributed by atoms with E-state index in [4.69, 9.17) is 4.74 Å². The van der Waals surface area contributed by atoms with Crippen molar-refractivity contribution in [3.05, 3.63) is 59.9 Å². The van der Waals surface area contributed by atoms with Gasteiger partial charge in [-0.3, -0.25) is 9.10 Å². The van der Waals surface area contributed by atoms with E-state index in [0.29, 0.717) is 5.75 Å². The second-order valence-corrected chi connectivity index (χ2v) is 8.83. The largest absolute Gasteiger partial charge is 0.491 e. The summed E-state index contributed by atoms with van der Waals surface area (Å²) in [5.74, 6) is -0.547. The van der Waals surface area contributed by atoms with Gasteiger partial charge in [0.25, 0.3) is 0 Å². The zero-order chi connectivity index (χ0) is 21.6. The number of hydrogen-bond donors (Lipinski definition) is 1. The van der Waals surface area contributed by atoms with Crippen LogP contribution in [0.5, 0.6) is 5.75 Å². The minimum absolute atomic E-state index is 0.152. The molecule has 1 amide bonds. The van der Waals surface area contributed by atoms with Crippen LogP contribution in [-0.4, -0.2) is 39.3 Å². The maximum Gasteiger partial charge on any atom is 0.244 e. The Morgan fingerprint density at radius 2 is 1.79 bits per heavy atom. The van der Waals surface area contributed by atoms with Gasteiger partial charge in [0.05, 0.1) is 18.0 Å². The highest BCUT2D eigenvalue weighted by molar-refractivity contribution is 7.92. The quantitative estimate of drug-likeness (QED) is 0.673. The Kier molecular flexibility index (Phi) is 7.61. The molecule has 0 saturated heterocycles. The summed E-state index contributed by atoms with van der Waals surface area (Å²) in [7, 11) is -3.89. The fourth-order valence-electron chi connectivity index (χ4n) is 2.90. The predicted octanol–water partition coefficient (Wildman–Crippen LogP) is 3.26. The van der Waals surface area contributed by atoms with Gasteiger partial charge >= 0.3 is 0 Å². The third-order valence-electron chi connectivity index (χ3n) is 4.33. The normalized spacial score (nSPS) is 13.4. The molecule has 0 heterocycles. The van der Waals surface area contributed by atoms with Crippen LogP contribution >= 0.6 is 0 Å². The molecule has 1 N–H and O–H groups in total. The highest BCUT2D eigenvalue weighted by Gasteiger charge is 2.33. The van der Waals surface area contributed by atoms with Gasteiger partial charge in [-0.1, -0.05) is 36.8 Å². The third kappa shape index (κ3) is 6.19.